The number of nitrogens with two attached hydrogens (primary N) is 1. The molecule has 1 aromatic rings. The van der Waals surface area contributed by atoms with E-state index in [1.54, 1.807) is 26.2 Å². The molecule has 0 saturated carbocycles. The summed E-state index contributed by atoms with van der Waals surface area (Å²) in [5.41, 5.74) is 7.98. The Kier molecular flexibility index (Phi) is 6.15. The molecular weight excluding hydrogens is 242 g/mol. The molecular formula is C14H23N3O2. The van der Waals surface area contributed by atoms with Crippen molar-refractivity contribution in [3.63, 3.8) is 0 Å². The first-order chi connectivity index (χ1) is 9.06. The highest BCUT2D eigenvalue weighted by Crippen LogP contribution is 2.20. The lowest BCUT2D eigenvalue weighted by molar-refractivity contribution is 0.0827. The van der Waals surface area contributed by atoms with Gasteiger partial charge in [-0.15, -0.1) is 0 Å². The molecule has 3 N–H and O–H groups in total. The number of anilines is 2. The Morgan fingerprint density at radius 1 is 1.42 bits per heavy atom. The number of hydrogen-bond donors (Lipinski definition) is 2. The number of nitrogen functional groups attached to an aromatic ring is 1. The molecule has 1 rings (SSSR count). The van der Waals surface area contributed by atoms with E-state index < -0.39 is 0 Å². The number of carbonyl (C=O) groups excluding carboxylic acids is 1. The van der Waals surface area contributed by atoms with E-state index in [1.807, 2.05) is 13.0 Å². The average molecular weight is 265 g/mol. The molecule has 0 heterocycles. The topological polar surface area (TPSA) is 67.6 Å². The molecule has 0 aliphatic heterocycles. The Bertz CT molecular complexity index is 419. The van der Waals surface area contributed by atoms with E-state index in [-0.39, 0.29) is 5.91 Å². The molecule has 106 valence electrons. The second-order valence-corrected chi connectivity index (χ2v) is 4.48. The third-order valence-electron chi connectivity index (χ3n) is 2.69. The predicted octanol–water partition coefficient (Wildman–Crippen LogP) is 1.81. The van der Waals surface area contributed by atoms with Crippen LogP contribution < -0.4 is 11.1 Å². The van der Waals surface area contributed by atoms with E-state index in [0.717, 1.165) is 31.9 Å². The highest BCUT2D eigenvalue weighted by atomic mass is 16.5. The van der Waals surface area contributed by atoms with E-state index >= 15 is 0 Å². The Hall–Kier alpha value is -1.75. The lowest BCUT2D eigenvalue weighted by Gasteiger charge is -2.13. The van der Waals surface area contributed by atoms with Crippen LogP contribution in [0.1, 0.15) is 23.7 Å². The van der Waals surface area contributed by atoms with Crippen molar-refractivity contribution < 1.29 is 9.53 Å². The van der Waals surface area contributed by atoms with Crippen LogP contribution in [0.3, 0.4) is 0 Å². The summed E-state index contributed by atoms with van der Waals surface area (Å²) < 4.78 is 5.26. The van der Waals surface area contributed by atoms with Gasteiger partial charge in [-0.2, -0.15) is 0 Å². The summed E-state index contributed by atoms with van der Waals surface area (Å²) in [6, 6.07) is 5.32. The Labute approximate surface area is 114 Å². The average Bonchev–Trinajstić information content (AvgIpc) is 2.39. The van der Waals surface area contributed by atoms with Crippen molar-refractivity contribution in [2.45, 2.75) is 13.3 Å². The minimum atomic E-state index is -0.0467. The normalized spacial score (nSPS) is 10.3. The summed E-state index contributed by atoms with van der Waals surface area (Å²) in [6.07, 6.45) is 0.922. The smallest absolute Gasteiger partial charge is 0.253 e. The summed E-state index contributed by atoms with van der Waals surface area (Å²) >= 11 is 0. The van der Waals surface area contributed by atoms with Crippen molar-refractivity contribution >= 4 is 17.3 Å². The van der Waals surface area contributed by atoms with Crippen LogP contribution >= 0.6 is 0 Å². The van der Waals surface area contributed by atoms with Crippen LogP contribution in [0.5, 0.6) is 0 Å². The first-order valence-electron chi connectivity index (χ1n) is 6.49. The summed E-state index contributed by atoms with van der Waals surface area (Å²) in [5.74, 6) is -0.0467. The first kappa shape index (κ1) is 15.3. The largest absolute Gasteiger partial charge is 0.397 e. The van der Waals surface area contributed by atoms with Gasteiger partial charge < -0.3 is 20.7 Å². The highest BCUT2D eigenvalue weighted by Gasteiger charge is 2.09. The minimum absolute atomic E-state index is 0.0467. The minimum Gasteiger partial charge on any atom is -0.397 e. The van der Waals surface area contributed by atoms with Gasteiger partial charge >= 0.3 is 0 Å². The van der Waals surface area contributed by atoms with Gasteiger partial charge in [-0.1, -0.05) is 0 Å². The van der Waals surface area contributed by atoms with Gasteiger partial charge in [0.15, 0.2) is 0 Å². The number of ether oxygens (including phenoxy) is 1. The zero-order valence-corrected chi connectivity index (χ0v) is 11.9. The molecule has 0 aliphatic carbocycles. The van der Waals surface area contributed by atoms with Crippen molar-refractivity contribution in [3.8, 4) is 0 Å². The maximum atomic E-state index is 11.8. The Morgan fingerprint density at radius 3 is 2.74 bits per heavy atom. The number of nitrogens with one attached hydrogen (secondary N) is 1. The fourth-order valence-electron chi connectivity index (χ4n) is 1.66. The monoisotopic (exact) mass is 265 g/mol. The lowest BCUT2D eigenvalue weighted by Crippen LogP contribution is -2.21. The third-order valence-corrected chi connectivity index (χ3v) is 2.69. The standard InChI is InChI=1S/C14H23N3O2/c1-4-19-9-5-8-16-13-7-6-11(10-12(13)15)14(18)17(2)3/h6-7,10,16H,4-5,8-9,15H2,1-3H3. The van der Waals surface area contributed by atoms with Crippen LogP contribution in [0.15, 0.2) is 18.2 Å². The molecule has 19 heavy (non-hydrogen) atoms. The quantitative estimate of drug-likeness (QED) is 0.583. The summed E-state index contributed by atoms with van der Waals surface area (Å²) in [7, 11) is 3.44. The summed E-state index contributed by atoms with van der Waals surface area (Å²) in [6.45, 7) is 4.25. The lowest BCUT2D eigenvalue weighted by atomic mass is 10.1. The maximum Gasteiger partial charge on any atom is 0.253 e. The molecule has 0 atom stereocenters. The number of hydrogen-bond acceptors (Lipinski definition) is 4. The van der Waals surface area contributed by atoms with Gasteiger partial charge in [0.25, 0.3) is 5.91 Å². The summed E-state index contributed by atoms with van der Waals surface area (Å²) in [5, 5.41) is 3.24. The van der Waals surface area contributed by atoms with Crippen LogP contribution in [-0.4, -0.2) is 44.7 Å². The molecule has 0 radical (unpaired) electrons. The molecule has 0 saturated heterocycles. The SMILES string of the molecule is CCOCCCNc1ccc(C(=O)N(C)C)cc1N. The fraction of sp³-hybridized carbons (Fsp3) is 0.500. The van der Waals surface area contributed by atoms with E-state index in [9.17, 15) is 4.79 Å². The number of carbonyl (C=O) groups is 1. The number of rotatable bonds is 7. The van der Waals surface area contributed by atoms with Crippen LogP contribution in [0, 0.1) is 0 Å². The van der Waals surface area contributed by atoms with Gasteiger partial charge in [0.2, 0.25) is 0 Å². The van der Waals surface area contributed by atoms with Crippen molar-refractivity contribution in [2.24, 2.45) is 0 Å². The predicted molar refractivity (Wildman–Crippen MR) is 78.5 cm³/mol. The molecule has 1 amide bonds. The maximum absolute atomic E-state index is 11.8. The number of amides is 1. The van der Waals surface area contributed by atoms with E-state index in [0.29, 0.717) is 11.3 Å². The number of benzene rings is 1. The van der Waals surface area contributed by atoms with Crippen molar-refractivity contribution in [3.05, 3.63) is 23.8 Å². The molecule has 1 aromatic carbocycles. The van der Waals surface area contributed by atoms with E-state index in [1.165, 1.54) is 4.90 Å². The molecule has 0 bridgehead atoms. The third kappa shape index (κ3) is 4.79. The van der Waals surface area contributed by atoms with Crippen LogP contribution in [0.25, 0.3) is 0 Å². The van der Waals surface area contributed by atoms with Gasteiger partial charge in [-0.05, 0) is 31.5 Å². The molecule has 0 fully saturated rings. The van der Waals surface area contributed by atoms with Gasteiger partial charge in [-0.3, -0.25) is 4.79 Å². The highest BCUT2D eigenvalue weighted by molar-refractivity contribution is 5.95. The Morgan fingerprint density at radius 2 is 2.16 bits per heavy atom. The van der Waals surface area contributed by atoms with E-state index in [2.05, 4.69) is 5.32 Å². The first-order valence-corrected chi connectivity index (χ1v) is 6.49. The van der Waals surface area contributed by atoms with Crippen LogP contribution in [0.2, 0.25) is 0 Å². The fourth-order valence-corrected chi connectivity index (χ4v) is 1.66. The van der Waals surface area contributed by atoms with Crippen molar-refractivity contribution in [1.82, 2.24) is 4.90 Å². The van der Waals surface area contributed by atoms with Gasteiger partial charge in [0.1, 0.15) is 0 Å². The molecule has 0 aliphatic rings. The zero-order chi connectivity index (χ0) is 14.3. The van der Waals surface area contributed by atoms with Crippen molar-refractivity contribution in [2.75, 3.05) is 44.9 Å². The molecule has 5 nitrogen and oxygen atoms in total. The second kappa shape index (κ2) is 7.63. The zero-order valence-electron chi connectivity index (χ0n) is 11.9. The summed E-state index contributed by atoms with van der Waals surface area (Å²) in [4.78, 5) is 13.3. The van der Waals surface area contributed by atoms with Gasteiger partial charge in [-0.25, -0.2) is 0 Å². The number of nitrogens with zero attached hydrogens (tertiary/aromatic N) is 1. The molecule has 5 heteroatoms. The molecule has 0 aromatic heterocycles. The van der Waals surface area contributed by atoms with Crippen LogP contribution in [-0.2, 0) is 4.74 Å². The molecule has 0 spiro atoms. The van der Waals surface area contributed by atoms with Crippen LogP contribution in [0.4, 0.5) is 11.4 Å². The van der Waals surface area contributed by atoms with Gasteiger partial charge in [0, 0.05) is 39.4 Å². The van der Waals surface area contributed by atoms with E-state index in [4.69, 9.17) is 10.5 Å². The second-order valence-electron chi connectivity index (χ2n) is 4.48. The Balaban J connectivity index is 2.55. The van der Waals surface area contributed by atoms with Crippen molar-refractivity contribution in [1.29, 1.82) is 0 Å². The van der Waals surface area contributed by atoms with Gasteiger partial charge in [0.05, 0.1) is 11.4 Å². The molecule has 0 unspecified atom stereocenters.